The minimum atomic E-state index is -0.582. The van der Waals surface area contributed by atoms with Gasteiger partial charge in [0.25, 0.3) is 5.91 Å². The van der Waals surface area contributed by atoms with Gasteiger partial charge in [0.1, 0.15) is 11.6 Å². The molecule has 9 heteroatoms. The lowest BCUT2D eigenvalue weighted by molar-refractivity contribution is -0.123. The van der Waals surface area contributed by atoms with E-state index in [1.165, 1.54) is 30.3 Å². The van der Waals surface area contributed by atoms with Crippen molar-refractivity contribution in [1.82, 2.24) is 9.80 Å². The number of carbonyl (C=O) groups is 2. The molecule has 0 aromatic heterocycles. The standard InChI is InChI=1S/C25H27ClF2N4O2/c26-21-15-20(5-6-22(21)28)32-24(33)16-23(25(32)34)31-9-7-19(8-10-31)30-13-11-29(12-14-30)18-3-1-17(27)2-4-18/h1-6,15,19,23H,7-14,16H2. The zero-order valence-electron chi connectivity index (χ0n) is 18.8. The molecule has 0 spiro atoms. The Labute approximate surface area is 202 Å². The Morgan fingerprint density at radius 3 is 2.09 bits per heavy atom. The number of hydrogen-bond acceptors (Lipinski definition) is 5. The minimum absolute atomic E-state index is 0.109. The van der Waals surface area contributed by atoms with E-state index in [1.54, 1.807) is 0 Å². The van der Waals surface area contributed by atoms with Gasteiger partial charge in [0, 0.05) is 51.0 Å². The molecular weight excluding hydrogens is 462 g/mol. The summed E-state index contributed by atoms with van der Waals surface area (Å²) in [5.41, 5.74) is 1.37. The van der Waals surface area contributed by atoms with Crippen LogP contribution in [-0.2, 0) is 9.59 Å². The lowest BCUT2D eigenvalue weighted by atomic mass is 10.00. The third-order valence-corrected chi connectivity index (χ3v) is 7.54. The Morgan fingerprint density at radius 2 is 1.44 bits per heavy atom. The number of likely N-dealkylation sites (tertiary alicyclic amines) is 1. The third-order valence-electron chi connectivity index (χ3n) is 7.25. The van der Waals surface area contributed by atoms with Crippen molar-refractivity contribution in [1.29, 1.82) is 0 Å². The molecule has 3 fully saturated rings. The molecule has 1 unspecified atom stereocenters. The fourth-order valence-electron chi connectivity index (χ4n) is 5.36. The minimum Gasteiger partial charge on any atom is -0.369 e. The summed E-state index contributed by atoms with van der Waals surface area (Å²) in [6.45, 7) is 5.20. The van der Waals surface area contributed by atoms with Crippen LogP contribution in [0.2, 0.25) is 5.02 Å². The van der Waals surface area contributed by atoms with E-state index in [1.807, 2.05) is 12.1 Å². The van der Waals surface area contributed by atoms with E-state index < -0.39 is 11.9 Å². The molecule has 6 nitrogen and oxygen atoms in total. The molecule has 34 heavy (non-hydrogen) atoms. The van der Waals surface area contributed by atoms with Crippen LogP contribution in [-0.4, -0.2) is 73.0 Å². The second-order valence-electron chi connectivity index (χ2n) is 9.15. The van der Waals surface area contributed by atoms with Gasteiger partial charge in [-0.3, -0.25) is 19.4 Å². The van der Waals surface area contributed by atoms with Crippen LogP contribution in [0.25, 0.3) is 0 Å². The maximum absolute atomic E-state index is 13.5. The summed E-state index contributed by atoms with van der Waals surface area (Å²) in [6.07, 6.45) is 2.02. The summed E-state index contributed by atoms with van der Waals surface area (Å²) in [6, 6.07) is 10.5. The molecule has 0 saturated carbocycles. The SMILES string of the molecule is O=C1CC(N2CCC(N3CCN(c4ccc(F)cc4)CC3)CC2)C(=O)N1c1ccc(F)c(Cl)c1. The van der Waals surface area contributed by atoms with Crippen molar-refractivity contribution in [3.63, 3.8) is 0 Å². The number of nitrogens with zero attached hydrogens (tertiary/aromatic N) is 4. The van der Waals surface area contributed by atoms with Crippen molar-refractivity contribution < 1.29 is 18.4 Å². The molecule has 0 radical (unpaired) electrons. The summed E-state index contributed by atoms with van der Waals surface area (Å²) < 4.78 is 26.7. The molecule has 3 aliphatic rings. The van der Waals surface area contributed by atoms with Crippen LogP contribution >= 0.6 is 11.6 Å². The van der Waals surface area contributed by atoms with Crippen molar-refractivity contribution in [2.45, 2.75) is 31.3 Å². The van der Waals surface area contributed by atoms with Crippen LogP contribution in [0.5, 0.6) is 0 Å². The van der Waals surface area contributed by atoms with E-state index in [-0.39, 0.29) is 29.1 Å². The van der Waals surface area contributed by atoms with E-state index in [4.69, 9.17) is 11.6 Å². The van der Waals surface area contributed by atoms with Gasteiger partial charge in [0.05, 0.1) is 23.2 Å². The average Bonchev–Trinajstić information content (AvgIpc) is 3.15. The first-order valence-electron chi connectivity index (χ1n) is 11.7. The van der Waals surface area contributed by atoms with E-state index in [2.05, 4.69) is 14.7 Å². The van der Waals surface area contributed by atoms with Crippen LogP contribution in [0.3, 0.4) is 0 Å². The average molecular weight is 489 g/mol. The zero-order valence-corrected chi connectivity index (χ0v) is 19.6. The van der Waals surface area contributed by atoms with E-state index in [0.29, 0.717) is 11.7 Å². The Morgan fingerprint density at radius 1 is 0.794 bits per heavy atom. The second kappa shape index (κ2) is 9.60. The predicted octanol–water partition coefficient (Wildman–Crippen LogP) is 3.54. The second-order valence-corrected chi connectivity index (χ2v) is 9.56. The van der Waals surface area contributed by atoms with Crippen LogP contribution in [0.4, 0.5) is 20.2 Å². The number of piperidine rings is 1. The first-order chi connectivity index (χ1) is 16.4. The number of hydrogen-bond donors (Lipinski definition) is 0. The fraction of sp³-hybridized carbons (Fsp3) is 0.440. The maximum atomic E-state index is 13.5. The van der Waals surface area contributed by atoms with Crippen molar-refractivity contribution >= 4 is 34.8 Å². The van der Waals surface area contributed by atoms with E-state index in [9.17, 15) is 18.4 Å². The largest absolute Gasteiger partial charge is 0.369 e. The van der Waals surface area contributed by atoms with Crippen molar-refractivity contribution in [2.24, 2.45) is 0 Å². The molecule has 2 amide bonds. The Balaban J connectivity index is 1.15. The summed E-state index contributed by atoms with van der Waals surface area (Å²) in [7, 11) is 0. The summed E-state index contributed by atoms with van der Waals surface area (Å²) in [5.74, 6) is -1.35. The molecule has 2 aromatic rings. The highest BCUT2D eigenvalue weighted by Crippen LogP contribution is 2.31. The van der Waals surface area contributed by atoms with Gasteiger partial charge in [0.15, 0.2) is 0 Å². The Bertz CT molecular complexity index is 1070. The molecule has 0 bridgehead atoms. The highest BCUT2D eigenvalue weighted by Gasteiger charge is 2.44. The lowest BCUT2D eigenvalue weighted by Crippen LogP contribution is -2.55. The molecule has 5 rings (SSSR count). The molecule has 3 aliphatic heterocycles. The Kier molecular flexibility index (Phi) is 6.55. The third kappa shape index (κ3) is 4.54. The predicted molar refractivity (Wildman–Crippen MR) is 127 cm³/mol. The molecule has 0 N–H and O–H groups in total. The van der Waals surface area contributed by atoms with Gasteiger partial charge >= 0.3 is 0 Å². The molecule has 1 atom stereocenters. The molecule has 3 saturated heterocycles. The molecular formula is C25H27ClF2N4O2. The first-order valence-corrected chi connectivity index (χ1v) is 12.1. The topological polar surface area (TPSA) is 47.1 Å². The van der Waals surface area contributed by atoms with E-state index in [0.717, 1.165) is 62.7 Å². The number of halogens is 3. The van der Waals surface area contributed by atoms with Gasteiger partial charge in [-0.2, -0.15) is 0 Å². The number of carbonyl (C=O) groups excluding carboxylic acids is 2. The van der Waals surface area contributed by atoms with Gasteiger partial charge in [0.2, 0.25) is 5.91 Å². The summed E-state index contributed by atoms with van der Waals surface area (Å²) in [4.78, 5) is 33.7. The summed E-state index contributed by atoms with van der Waals surface area (Å²) >= 11 is 5.86. The van der Waals surface area contributed by atoms with Gasteiger partial charge in [-0.1, -0.05) is 11.6 Å². The number of imide groups is 1. The quantitative estimate of drug-likeness (QED) is 0.616. The number of piperazine rings is 1. The van der Waals surface area contributed by atoms with E-state index >= 15 is 0 Å². The van der Waals surface area contributed by atoms with Gasteiger partial charge in [-0.05, 0) is 55.3 Å². The van der Waals surface area contributed by atoms with Crippen molar-refractivity contribution in [3.8, 4) is 0 Å². The Hall–Kier alpha value is -2.55. The highest BCUT2D eigenvalue weighted by atomic mass is 35.5. The highest BCUT2D eigenvalue weighted by molar-refractivity contribution is 6.31. The van der Waals surface area contributed by atoms with Crippen molar-refractivity contribution in [2.75, 3.05) is 49.1 Å². The lowest BCUT2D eigenvalue weighted by Gasteiger charge is -2.44. The van der Waals surface area contributed by atoms with Gasteiger partial charge in [-0.15, -0.1) is 0 Å². The fourth-order valence-corrected chi connectivity index (χ4v) is 5.53. The number of benzene rings is 2. The maximum Gasteiger partial charge on any atom is 0.251 e. The monoisotopic (exact) mass is 488 g/mol. The van der Waals surface area contributed by atoms with Gasteiger partial charge < -0.3 is 4.90 Å². The van der Waals surface area contributed by atoms with Crippen LogP contribution in [0.15, 0.2) is 42.5 Å². The van der Waals surface area contributed by atoms with Crippen LogP contribution in [0, 0.1) is 11.6 Å². The smallest absolute Gasteiger partial charge is 0.251 e. The van der Waals surface area contributed by atoms with Crippen LogP contribution < -0.4 is 9.80 Å². The van der Waals surface area contributed by atoms with Crippen molar-refractivity contribution in [3.05, 3.63) is 59.1 Å². The van der Waals surface area contributed by atoms with Crippen LogP contribution in [0.1, 0.15) is 19.3 Å². The normalized spacial score (nSPS) is 23.2. The summed E-state index contributed by atoms with van der Waals surface area (Å²) in [5, 5.41) is -0.109. The first kappa shape index (κ1) is 23.2. The number of rotatable bonds is 4. The number of anilines is 2. The molecule has 0 aliphatic carbocycles. The molecule has 3 heterocycles. The molecule has 180 valence electrons. The van der Waals surface area contributed by atoms with Gasteiger partial charge in [-0.25, -0.2) is 13.7 Å². The molecule has 2 aromatic carbocycles. The number of amides is 2. The zero-order chi connectivity index (χ0) is 23.8.